The van der Waals surface area contributed by atoms with E-state index >= 15 is 0 Å². The highest BCUT2D eigenvalue weighted by Crippen LogP contribution is 2.41. The quantitative estimate of drug-likeness (QED) is 0.305. The second-order valence-electron chi connectivity index (χ2n) is 7.32. The summed E-state index contributed by atoms with van der Waals surface area (Å²) in [6, 6.07) is 18.0. The van der Waals surface area contributed by atoms with Crippen LogP contribution in [-0.2, 0) is 0 Å². The molecular weight excluding hydrogens is 475 g/mol. The molecule has 0 atom stereocenters. The summed E-state index contributed by atoms with van der Waals surface area (Å²) in [5, 5.41) is 24.5. The van der Waals surface area contributed by atoms with Crippen LogP contribution < -0.4 is 21.8 Å². The summed E-state index contributed by atoms with van der Waals surface area (Å²) in [6.45, 7) is 0. The molecule has 0 radical (unpaired) electrons. The van der Waals surface area contributed by atoms with Gasteiger partial charge in [-0.3, -0.25) is 18.3 Å². The third-order valence-corrected chi connectivity index (χ3v) is 6.53. The lowest BCUT2D eigenvalue weighted by molar-refractivity contribution is 0.611. The third kappa shape index (κ3) is 5.23. The second kappa shape index (κ2) is 10.2. The third-order valence-electron chi connectivity index (χ3n) is 4.93. The molecule has 8 nitrogen and oxygen atoms in total. The average molecular weight is 493 g/mol. The molecule has 1 saturated carbocycles. The van der Waals surface area contributed by atoms with E-state index in [1.807, 2.05) is 42.5 Å². The molecular formula is C23H17FN6O2S2. The first-order valence-corrected chi connectivity index (χ1v) is 11.7. The van der Waals surface area contributed by atoms with E-state index in [-0.39, 0.29) is 22.5 Å². The minimum Gasteiger partial charge on any atom is -0.345 e. The zero-order chi connectivity index (χ0) is 24.1. The van der Waals surface area contributed by atoms with Gasteiger partial charge in [-0.05, 0) is 71.7 Å². The van der Waals surface area contributed by atoms with E-state index in [1.165, 1.54) is 6.07 Å². The number of H-pyrrole nitrogens is 2. The molecule has 5 rings (SSSR count). The number of para-hydroxylation sites is 1. The molecule has 11 heteroatoms. The fraction of sp³-hybridized carbons (Fsp3) is 0.130. The zero-order valence-corrected chi connectivity index (χ0v) is 19.1. The number of hydrogen-bond acceptors (Lipinski definition) is 8. The van der Waals surface area contributed by atoms with Gasteiger partial charge < -0.3 is 10.6 Å². The van der Waals surface area contributed by atoms with Gasteiger partial charge in [-0.2, -0.15) is 10.5 Å². The van der Waals surface area contributed by atoms with Crippen LogP contribution >= 0.6 is 23.1 Å². The van der Waals surface area contributed by atoms with Crippen molar-refractivity contribution in [3.05, 3.63) is 91.7 Å². The maximum atomic E-state index is 13.9. The monoisotopic (exact) mass is 492 g/mol. The van der Waals surface area contributed by atoms with Crippen LogP contribution in [0.4, 0.5) is 25.8 Å². The van der Waals surface area contributed by atoms with Crippen LogP contribution in [0.5, 0.6) is 0 Å². The van der Waals surface area contributed by atoms with Crippen LogP contribution in [-0.4, -0.2) is 8.75 Å². The topological polar surface area (TPSA) is 137 Å². The van der Waals surface area contributed by atoms with E-state index in [0.29, 0.717) is 21.6 Å². The van der Waals surface area contributed by atoms with Crippen molar-refractivity contribution in [3.8, 4) is 12.1 Å². The first kappa shape index (κ1) is 23.0. The summed E-state index contributed by atoms with van der Waals surface area (Å²) >= 11 is 2.16. The Labute approximate surface area is 201 Å². The molecule has 34 heavy (non-hydrogen) atoms. The summed E-state index contributed by atoms with van der Waals surface area (Å²) in [4.78, 5) is 22.5. The van der Waals surface area contributed by atoms with E-state index in [0.717, 1.165) is 47.2 Å². The lowest BCUT2D eigenvalue weighted by Gasteiger charge is -2.06. The molecule has 0 spiro atoms. The molecule has 0 bridgehead atoms. The number of nitrogens with zero attached hydrogens (tertiary/aromatic N) is 2. The van der Waals surface area contributed by atoms with Crippen LogP contribution in [0.2, 0.25) is 0 Å². The predicted octanol–water partition coefficient (Wildman–Crippen LogP) is 5.12. The molecule has 0 aliphatic heterocycles. The van der Waals surface area contributed by atoms with Crippen LogP contribution in [0.1, 0.15) is 35.4 Å². The Morgan fingerprint density at radius 1 is 0.853 bits per heavy atom. The Morgan fingerprint density at radius 3 is 1.91 bits per heavy atom. The fourth-order valence-corrected chi connectivity index (χ4v) is 4.51. The van der Waals surface area contributed by atoms with Crippen LogP contribution in [0.3, 0.4) is 0 Å². The van der Waals surface area contributed by atoms with Gasteiger partial charge in [0.15, 0.2) is 11.1 Å². The van der Waals surface area contributed by atoms with Gasteiger partial charge in [0.25, 0.3) is 11.1 Å². The van der Waals surface area contributed by atoms with E-state index < -0.39 is 5.56 Å². The molecule has 0 saturated heterocycles. The standard InChI is InChI=1S/C13H10FN3OS.C10H7N3OS/c14-11-5-8(3-4-9(11)7-1-2-7)16-13-10(6-15)12(18)17-19-13;11-6-8-9(14)13-15-10(8)12-7-4-2-1-3-5-7/h3-5,7,16H,1-2H2,(H,17,18);1-5,12H,(H,13,14). The van der Waals surface area contributed by atoms with Crippen molar-refractivity contribution in [3.63, 3.8) is 0 Å². The van der Waals surface area contributed by atoms with Crippen LogP contribution in [0.25, 0.3) is 0 Å². The smallest absolute Gasteiger partial charge is 0.278 e. The van der Waals surface area contributed by atoms with Gasteiger partial charge in [-0.25, -0.2) is 4.39 Å². The summed E-state index contributed by atoms with van der Waals surface area (Å²) < 4.78 is 18.8. The maximum absolute atomic E-state index is 13.9. The molecule has 4 aromatic rings. The Kier molecular flexibility index (Phi) is 6.87. The molecule has 2 aromatic carbocycles. The Morgan fingerprint density at radius 2 is 1.41 bits per heavy atom. The number of hydrogen-bond donors (Lipinski definition) is 4. The zero-order valence-electron chi connectivity index (χ0n) is 17.5. The highest BCUT2D eigenvalue weighted by molar-refractivity contribution is 7.10. The highest BCUT2D eigenvalue weighted by atomic mass is 32.1. The lowest BCUT2D eigenvalue weighted by atomic mass is 10.1. The van der Waals surface area contributed by atoms with Crippen molar-refractivity contribution in [1.82, 2.24) is 8.75 Å². The Bertz CT molecular complexity index is 1500. The molecule has 170 valence electrons. The van der Waals surface area contributed by atoms with E-state index in [2.05, 4.69) is 19.4 Å². The van der Waals surface area contributed by atoms with Crippen molar-refractivity contribution in [2.75, 3.05) is 10.6 Å². The number of benzene rings is 2. The Hall–Kier alpha value is -4.19. The first-order chi connectivity index (χ1) is 16.5. The van der Waals surface area contributed by atoms with Gasteiger partial charge >= 0.3 is 0 Å². The lowest BCUT2D eigenvalue weighted by Crippen LogP contribution is -2.03. The molecule has 0 amide bonds. The molecule has 1 fully saturated rings. The summed E-state index contributed by atoms with van der Waals surface area (Å²) in [7, 11) is 0. The molecule has 1 aliphatic carbocycles. The number of halogens is 1. The summed E-state index contributed by atoms with van der Waals surface area (Å²) in [5.41, 5.74) is 1.51. The minimum atomic E-state index is -0.426. The molecule has 1 aliphatic rings. The summed E-state index contributed by atoms with van der Waals surface area (Å²) in [6.07, 6.45) is 2.09. The second-order valence-corrected chi connectivity index (χ2v) is 8.96. The van der Waals surface area contributed by atoms with Gasteiger partial charge in [0, 0.05) is 11.4 Å². The molecule has 0 unspecified atom stereocenters. The first-order valence-electron chi connectivity index (χ1n) is 10.1. The fourth-order valence-electron chi connectivity index (χ4n) is 3.10. The van der Waals surface area contributed by atoms with Crippen molar-refractivity contribution in [2.24, 2.45) is 0 Å². The predicted molar refractivity (Wildman–Crippen MR) is 131 cm³/mol. The minimum absolute atomic E-state index is 0.0247. The number of aromatic nitrogens is 2. The van der Waals surface area contributed by atoms with Gasteiger partial charge in [-0.15, -0.1) is 0 Å². The van der Waals surface area contributed by atoms with Crippen LogP contribution in [0.15, 0.2) is 58.1 Å². The summed E-state index contributed by atoms with van der Waals surface area (Å²) in [5.74, 6) is 0.112. The van der Waals surface area contributed by atoms with Gasteiger partial charge in [0.2, 0.25) is 0 Å². The Balaban J connectivity index is 0.000000166. The highest BCUT2D eigenvalue weighted by Gasteiger charge is 2.26. The number of nitrogens with one attached hydrogen (secondary N) is 4. The van der Waals surface area contributed by atoms with Crippen LogP contribution in [0, 0.1) is 28.5 Å². The van der Waals surface area contributed by atoms with Crippen molar-refractivity contribution < 1.29 is 4.39 Å². The normalized spacial score (nSPS) is 12.1. The number of nitriles is 2. The van der Waals surface area contributed by atoms with Gasteiger partial charge in [0.1, 0.15) is 28.0 Å². The van der Waals surface area contributed by atoms with E-state index in [9.17, 15) is 14.0 Å². The largest absolute Gasteiger partial charge is 0.345 e. The van der Waals surface area contributed by atoms with E-state index in [4.69, 9.17) is 10.5 Å². The SMILES string of the molecule is N#Cc1c(Nc2ccc(C3CC3)c(F)c2)s[nH]c1=O.N#Cc1c(Nc2ccccc2)s[nH]c1=O. The number of anilines is 4. The maximum Gasteiger partial charge on any atom is 0.278 e. The van der Waals surface area contributed by atoms with Crippen molar-refractivity contribution in [2.45, 2.75) is 18.8 Å². The van der Waals surface area contributed by atoms with Gasteiger partial charge in [-0.1, -0.05) is 24.3 Å². The van der Waals surface area contributed by atoms with Crippen molar-refractivity contribution in [1.29, 1.82) is 10.5 Å². The molecule has 2 heterocycles. The van der Waals surface area contributed by atoms with Crippen molar-refractivity contribution >= 4 is 44.4 Å². The average Bonchev–Trinajstić information content (AvgIpc) is 3.53. The molecule has 4 N–H and O–H groups in total. The number of aromatic amines is 2. The van der Waals surface area contributed by atoms with Gasteiger partial charge in [0.05, 0.1) is 0 Å². The molecule has 2 aromatic heterocycles. The number of rotatable bonds is 5. The van der Waals surface area contributed by atoms with E-state index in [1.54, 1.807) is 12.1 Å².